The standard InChI is InChI=1S/C14H17N3/c1-10-6-7-17(9-10)14-11-4-2-3-5-13(11)16-8-12(14)15/h2-5,8,10H,6-7,9,15H2,1H3. The predicted octanol–water partition coefficient (Wildman–Crippen LogP) is 2.66. The minimum Gasteiger partial charge on any atom is -0.396 e. The molecule has 0 aliphatic carbocycles. The van der Waals surface area contributed by atoms with E-state index in [1.165, 1.54) is 17.5 Å². The van der Waals surface area contributed by atoms with Crippen LogP contribution < -0.4 is 10.6 Å². The van der Waals surface area contributed by atoms with Crippen molar-refractivity contribution in [3.63, 3.8) is 0 Å². The third-order valence-corrected chi connectivity index (χ3v) is 3.52. The summed E-state index contributed by atoms with van der Waals surface area (Å²) in [6, 6.07) is 8.21. The van der Waals surface area contributed by atoms with Crippen LogP contribution in [0.2, 0.25) is 0 Å². The second-order valence-electron chi connectivity index (χ2n) is 4.92. The maximum atomic E-state index is 6.11. The molecule has 1 unspecified atom stereocenters. The Morgan fingerprint density at radius 1 is 1.35 bits per heavy atom. The molecule has 3 nitrogen and oxygen atoms in total. The van der Waals surface area contributed by atoms with E-state index in [0.29, 0.717) is 0 Å². The van der Waals surface area contributed by atoms with Crippen molar-refractivity contribution in [2.45, 2.75) is 13.3 Å². The fourth-order valence-corrected chi connectivity index (χ4v) is 2.63. The van der Waals surface area contributed by atoms with Crippen molar-refractivity contribution < 1.29 is 0 Å². The van der Waals surface area contributed by atoms with E-state index in [0.717, 1.165) is 30.2 Å². The van der Waals surface area contributed by atoms with Gasteiger partial charge in [0.2, 0.25) is 0 Å². The van der Waals surface area contributed by atoms with E-state index in [4.69, 9.17) is 5.73 Å². The Bertz CT molecular complexity index is 550. The highest BCUT2D eigenvalue weighted by molar-refractivity contribution is 5.97. The molecular formula is C14H17N3. The van der Waals surface area contributed by atoms with E-state index in [2.05, 4.69) is 22.9 Å². The minimum atomic E-state index is 0.751. The van der Waals surface area contributed by atoms with Gasteiger partial charge in [-0.25, -0.2) is 0 Å². The van der Waals surface area contributed by atoms with Gasteiger partial charge in [-0.3, -0.25) is 4.98 Å². The van der Waals surface area contributed by atoms with Crippen molar-refractivity contribution in [1.29, 1.82) is 0 Å². The van der Waals surface area contributed by atoms with Gasteiger partial charge in [0.15, 0.2) is 0 Å². The number of rotatable bonds is 1. The smallest absolute Gasteiger partial charge is 0.0745 e. The summed E-state index contributed by atoms with van der Waals surface area (Å²) in [6.07, 6.45) is 3.02. The lowest BCUT2D eigenvalue weighted by Gasteiger charge is -2.22. The van der Waals surface area contributed by atoms with Gasteiger partial charge in [-0.15, -0.1) is 0 Å². The SMILES string of the molecule is CC1CCN(c2c(N)cnc3ccccc23)C1. The van der Waals surface area contributed by atoms with E-state index in [9.17, 15) is 0 Å². The van der Waals surface area contributed by atoms with Gasteiger partial charge in [-0.1, -0.05) is 25.1 Å². The Morgan fingerprint density at radius 2 is 2.18 bits per heavy atom. The molecule has 1 fully saturated rings. The summed E-state index contributed by atoms with van der Waals surface area (Å²) >= 11 is 0. The van der Waals surface area contributed by atoms with Crippen LogP contribution in [0.4, 0.5) is 11.4 Å². The van der Waals surface area contributed by atoms with Crippen molar-refractivity contribution >= 4 is 22.3 Å². The van der Waals surface area contributed by atoms with Crippen molar-refractivity contribution in [2.24, 2.45) is 5.92 Å². The average molecular weight is 227 g/mol. The number of nitrogens with two attached hydrogens (primary N) is 1. The van der Waals surface area contributed by atoms with Gasteiger partial charge in [0.25, 0.3) is 0 Å². The third-order valence-electron chi connectivity index (χ3n) is 3.52. The molecule has 1 atom stereocenters. The molecule has 88 valence electrons. The number of nitrogen functional groups attached to an aromatic ring is 1. The van der Waals surface area contributed by atoms with Crippen molar-refractivity contribution in [1.82, 2.24) is 4.98 Å². The molecule has 2 aromatic rings. The van der Waals surface area contributed by atoms with E-state index in [-0.39, 0.29) is 0 Å². The molecular weight excluding hydrogens is 210 g/mol. The van der Waals surface area contributed by atoms with E-state index >= 15 is 0 Å². The monoisotopic (exact) mass is 227 g/mol. The van der Waals surface area contributed by atoms with E-state index in [1.807, 2.05) is 18.2 Å². The van der Waals surface area contributed by atoms with E-state index < -0.39 is 0 Å². The quantitative estimate of drug-likeness (QED) is 0.814. The zero-order valence-corrected chi connectivity index (χ0v) is 10.1. The number of benzene rings is 1. The van der Waals surface area contributed by atoms with Gasteiger partial charge in [-0.05, 0) is 18.4 Å². The van der Waals surface area contributed by atoms with Crippen LogP contribution in [0.15, 0.2) is 30.5 Å². The van der Waals surface area contributed by atoms with E-state index in [1.54, 1.807) is 6.20 Å². The molecule has 0 radical (unpaired) electrons. The lowest BCUT2D eigenvalue weighted by atomic mass is 10.1. The molecule has 1 aliphatic rings. The number of para-hydroxylation sites is 1. The molecule has 3 rings (SSSR count). The van der Waals surface area contributed by atoms with Gasteiger partial charge in [-0.2, -0.15) is 0 Å². The fraction of sp³-hybridized carbons (Fsp3) is 0.357. The summed E-state index contributed by atoms with van der Waals surface area (Å²) in [4.78, 5) is 6.77. The molecule has 1 aromatic heterocycles. The average Bonchev–Trinajstić information content (AvgIpc) is 2.75. The predicted molar refractivity (Wildman–Crippen MR) is 72.1 cm³/mol. The second kappa shape index (κ2) is 3.91. The largest absolute Gasteiger partial charge is 0.396 e. The molecule has 1 saturated heterocycles. The van der Waals surface area contributed by atoms with Crippen LogP contribution in [-0.4, -0.2) is 18.1 Å². The van der Waals surface area contributed by atoms with Gasteiger partial charge in [0.1, 0.15) is 0 Å². The maximum Gasteiger partial charge on any atom is 0.0745 e. The van der Waals surface area contributed by atoms with Crippen LogP contribution in [-0.2, 0) is 0 Å². The van der Waals surface area contributed by atoms with Crippen LogP contribution in [0.1, 0.15) is 13.3 Å². The van der Waals surface area contributed by atoms with Gasteiger partial charge in [0, 0.05) is 18.5 Å². The Hall–Kier alpha value is -1.77. The Labute approximate surface area is 101 Å². The van der Waals surface area contributed by atoms with Crippen LogP contribution >= 0.6 is 0 Å². The molecule has 0 amide bonds. The zero-order chi connectivity index (χ0) is 11.8. The molecule has 1 aromatic carbocycles. The third kappa shape index (κ3) is 1.71. The molecule has 2 N–H and O–H groups in total. The second-order valence-corrected chi connectivity index (χ2v) is 4.92. The first-order chi connectivity index (χ1) is 8.25. The van der Waals surface area contributed by atoms with Crippen LogP contribution in [0.5, 0.6) is 0 Å². The lowest BCUT2D eigenvalue weighted by molar-refractivity contribution is 0.659. The van der Waals surface area contributed by atoms with Crippen LogP contribution in [0.25, 0.3) is 10.9 Å². The number of nitrogens with zero attached hydrogens (tertiary/aromatic N) is 2. The van der Waals surface area contributed by atoms with Crippen LogP contribution in [0.3, 0.4) is 0 Å². The number of hydrogen-bond donors (Lipinski definition) is 1. The highest BCUT2D eigenvalue weighted by atomic mass is 15.2. The molecule has 0 spiro atoms. The maximum absolute atomic E-state index is 6.11. The fourth-order valence-electron chi connectivity index (χ4n) is 2.63. The molecule has 1 aliphatic heterocycles. The van der Waals surface area contributed by atoms with Crippen molar-refractivity contribution in [3.05, 3.63) is 30.5 Å². The number of anilines is 2. The van der Waals surface area contributed by atoms with Gasteiger partial charge < -0.3 is 10.6 Å². The van der Waals surface area contributed by atoms with Crippen LogP contribution in [0, 0.1) is 5.92 Å². The first-order valence-electron chi connectivity index (χ1n) is 6.14. The number of pyridine rings is 1. The summed E-state index contributed by atoms with van der Waals surface area (Å²) < 4.78 is 0. The summed E-state index contributed by atoms with van der Waals surface area (Å²) in [7, 11) is 0. The van der Waals surface area contributed by atoms with Crippen molar-refractivity contribution in [3.8, 4) is 0 Å². The first-order valence-corrected chi connectivity index (χ1v) is 6.14. The Kier molecular flexibility index (Phi) is 2.39. The molecule has 17 heavy (non-hydrogen) atoms. The summed E-state index contributed by atoms with van der Waals surface area (Å²) in [5.41, 5.74) is 9.09. The molecule has 0 bridgehead atoms. The lowest BCUT2D eigenvalue weighted by Crippen LogP contribution is -2.20. The normalized spacial score (nSPS) is 20.1. The van der Waals surface area contributed by atoms with Gasteiger partial charge in [0.05, 0.1) is 23.1 Å². The highest BCUT2D eigenvalue weighted by Gasteiger charge is 2.22. The Balaban J connectivity index is 2.17. The Morgan fingerprint density at radius 3 is 2.94 bits per heavy atom. The summed E-state index contributed by atoms with van der Waals surface area (Å²) in [5.74, 6) is 0.751. The summed E-state index contributed by atoms with van der Waals surface area (Å²) in [6.45, 7) is 4.48. The number of hydrogen-bond acceptors (Lipinski definition) is 3. The zero-order valence-electron chi connectivity index (χ0n) is 10.1. The van der Waals surface area contributed by atoms with Crippen molar-refractivity contribution in [2.75, 3.05) is 23.7 Å². The van der Waals surface area contributed by atoms with Gasteiger partial charge >= 0.3 is 0 Å². The molecule has 2 heterocycles. The topological polar surface area (TPSA) is 42.1 Å². The molecule has 3 heteroatoms. The summed E-state index contributed by atoms with van der Waals surface area (Å²) in [5, 5.41) is 1.17. The number of fused-ring (bicyclic) bond motifs is 1. The molecule has 0 saturated carbocycles. The minimum absolute atomic E-state index is 0.751. The highest BCUT2D eigenvalue weighted by Crippen LogP contribution is 2.34. The first kappa shape index (κ1) is 10.4. The number of aromatic nitrogens is 1.